The van der Waals surface area contributed by atoms with E-state index in [1.54, 1.807) is 6.07 Å². The molecule has 0 saturated carbocycles. The Kier molecular flexibility index (Phi) is 6.41. The lowest BCUT2D eigenvalue weighted by molar-refractivity contribution is -0.385. The van der Waals surface area contributed by atoms with Crippen LogP contribution in [0.1, 0.15) is 24.8 Å². The van der Waals surface area contributed by atoms with E-state index in [2.05, 4.69) is 5.32 Å². The fourth-order valence-electron chi connectivity index (χ4n) is 1.97. The largest absolute Gasteiger partial charge is 0.384 e. The van der Waals surface area contributed by atoms with Crippen molar-refractivity contribution in [3.8, 4) is 0 Å². The van der Waals surface area contributed by atoms with Crippen LogP contribution in [-0.4, -0.2) is 31.1 Å². The number of nitrogens with one attached hydrogen (secondary N) is 1. The van der Waals surface area contributed by atoms with Gasteiger partial charge in [-0.15, -0.1) is 0 Å². The Labute approximate surface area is 122 Å². The summed E-state index contributed by atoms with van der Waals surface area (Å²) in [5, 5.41) is 14.2. The first-order valence-corrected chi connectivity index (χ1v) is 6.50. The molecule has 1 amide bonds. The minimum Gasteiger partial charge on any atom is -0.384 e. The first-order chi connectivity index (χ1) is 9.45. The van der Waals surface area contributed by atoms with Crippen molar-refractivity contribution in [1.29, 1.82) is 0 Å². The number of nitro benzene ring substituents is 1. The molecule has 7 heteroatoms. The topological polar surface area (TPSA) is 81.5 Å². The van der Waals surface area contributed by atoms with E-state index in [0.29, 0.717) is 30.2 Å². The molecule has 0 fully saturated rings. The predicted molar refractivity (Wildman–Crippen MR) is 76.0 cm³/mol. The molecule has 0 aromatic heterocycles. The van der Waals surface area contributed by atoms with Crippen molar-refractivity contribution in [1.82, 2.24) is 5.32 Å². The Morgan fingerprint density at radius 3 is 2.80 bits per heavy atom. The van der Waals surface area contributed by atoms with Crippen LogP contribution in [-0.2, 0) is 9.53 Å². The molecule has 6 nitrogen and oxygen atoms in total. The van der Waals surface area contributed by atoms with E-state index in [4.69, 9.17) is 16.3 Å². The van der Waals surface area contributed by atoms with Crippen molar-refractivity contribution < 1.29 is 14.5 Å². The molecule has 110 valence electrons. The van der Waals surface area contributed by atoms with Crippen molar-refractivity contribution in [2.45, 2.75) is 19.3 Å². The molecule has 0 radical (unpaired) electrons. The van der Waals surface area contributed by atoms with Gasteiger partial charge in [0.2, 0.25) is 5.91 Å². The number of ether oxygens (including phenoxy) is 1. The van der Waals surface area contributed by atoms with Crippen LogP contribution in [0.15, 0.2) is 18.2 Å². The molecule has 1 aromatic carbocycles. The zero-order valence-electron chi connectivity index (χ0n) is 11.4. The molecule has 0 aliphatic heterocycles. The fourth-order valence-corrected chi connectivity index (χ4v) is 2.15. The third kappa shape index (κ3) is 4.79. The van der Waals surface area contributed by atoms with Crippen molar-refractivity contribution in [3.05, 3.63) is 38.9 Å². The van der Waals surface area contributed by atoms with Gasteiger partial charge in [0.1, 0.15) is 0 Å². The van der Waals surface area contributed by atoms with Crippen molar-refractivity contribution in [2.24, 2.45) is 0 Å². The van der Waals surface area contributed by atoms with Crippen molar-refractivity contribution >= 4 is 23.2 Å². The van der Waals surface area contributed by atoms with Crippen LogP contribution in [0.5, 0.6) is 0 Å². The average Bonchev–Trinajstić information content (AvgIpc) is 2.36. The van der Waals surface area contributed by atoms with Gasteiger partial charge in [-0.2, -0.15) is 0 Å². The number of halogens is 1. The van der Waals surface area contributed by atoms with Crippen LogP contribution in [0, 0.1) is 10.1 Å². The summed E-state index contributed by atoms with van der Waals surface area (Å²) in [6, 6.07) is 4.46. The number of carbonyl (C=O) groups excluding carboxylic acids is 1. The monoisotopic (exact) mass is 300 g/mol. The molecule has 0 aliphatic rings. The van der Waals surface area contributed by atoms with Crippen LogP contribution in [0.2, 0.25) is 5.02 Å². The van der Waals surface area contributed by atoms with Crippen molar-refractivity contribution in [3.63, 3.8) is 0 Å². The van der Waals surface area contributed by atoms with Gasteiger partial charge in [0.15, 0.2) is 0 Å². The molecule has 0 bridgehead atoms. The second-order valence-electron chi connectivity index (χ2n) is 4.38. The van der Waals surface area contributed by atoms with Gasteiger partial charge in [-0.1, -0.05) is 11.6 Å². The first-order valence-electron chi connectivity index (χ1n) is 6.13. The molecule has 1 aromatic rings. The number of nitrogens with zero attached hydrogens (tertiary/aromatic N) is 1. The smallest absolute Gasteiger partial charge is 0.273 e. The van der Waals surface area contributed by atoms with E-state index in [9.17, 15) is 14.9 Å². The van der Waals surface area contributed by atoms with Crippen LogP contribution in [0.3, 0.4) is 0 Å². The minimum atomic E-state index is -0.438. The molecule has 20 heavy (non-hydrogen) atoms. The van der Waals surface area contributed by atoms with Gasteiger partial charge in [0, 0.05) is 43.1 Å². The van der Waals surface area contributed by atoms with Gasteiger partial charge in [-0.05, 0) is 18.6 Å². The summed E-state index contributed by atoms with van der Waals surface area (Å²) in [6.45, 7) is 2.17. The average molecular weight is 301 g/mol. The number of methoxy groups -OCH3 is 1. The van der Waals surface area contributed by atoms with Crippen LogP contribution in [0.25, 0.3) is 0 Å². The lowest BCUT2D eigenvalue weighted by atomic mass is 9.95. The van der Waals surface area contributed by atoms with E-state index in [0.717, 1.165) is 0 Å². The van der Waals surface area contributed by atoms with Gasteiger partial charge < -0.3 is 10.1 Å². The zero-order chi connectivity index (χ0) is 15.1. The highest BCUT2D eigenvalue weighted by molar-refractivity contribution is 6.30. The normalized spacial score (nSPS) is 11.9. The van der Waals surface area contributed by atoms with E-state index >= 15 is 0 Å². The summed E-state index contributed by atoms with van der Waals surface area (Å²) in [5.74, 6) is -0.340. The molecule has 1 N–H and O–H groups in total. The summed E-state index contributed by atoms with van der Waals surface area (Å²) in [4.78, 5) is 21.5. The highest BCUT2D eigenvalue weighted by Crippen LogP contribution is 2.31. The molecule has 0 aliphatic carbocycles. The third-order valence-corrected chi connectivity index (χ3v) is 3.10. The summed E-state index contributed by atoms with van der Waals surface area (Å²) in [6.07, 6.45) is 0.536. The summed E-state index contributed by atoms with van der Waals surface area (Å²) >= 11 is 5.92. The Balaban J connectivity index is 2.97. The Bertz CT molecular complexity index is 493. The minimum absolute atomic E-state index is 0.0132. The van der Waals surface area contributed by atoms with E-state index in [1.165, 1.54) is 26.2 Å². The first kappa shape index (κ1) is 16.4. The molecular formula is C13H17ClN2O4. The Morgan fingerprint density at radius 2 is 2.25 bits per heavy atom. The van der Waals surface area contributed by atoms with Gasteiger partial charge >= 0.3 is 0 Å². The Hall–Kier alpha value is -1.66. The SMILES string of the molecule is COCC(CCNC(C)=O)c1cc(Cl)ccc1[N+](=O)[O-]. The summed E-state index contributed by atoms with van der Waals surface area (Å²) in [7, 11) is 1.53. The van der Waals surface area contributed by atoms with E-state index in [1.807, 2.05) is 0 Å². The Morgan fingerprint density at radius 1 is 1.55 bits per heavy atom. The van der Waals surface area contributed by atoms with Crippen LogP contribution < -0.4 is 5.32 Å². The molecule has 0 spiro atoms. The summed E-state index contributed by atoms with van der Waals surface area (Å²) < 4.78 is 5.11. The number of rotatable bonds is 7. The van der Waals surface area contributed by atoms with Crippen LogP contribution in [0.4, 0.5) is 5.69 Å². The zero-order valence-corrected chi connectivity index (χ0v) is 12.1. The quantitative estimate of drug-likeness (QED) is 0.619. The number of nitro groups is 1. The number of amides is 1. The van der Waals surface area contributed by atoms with E-state index in [-0.39, 0.29) is 17.5 Å². The lowest BCUT2D eigenvalue weighted by Gasteiger charge is -2.17. The number of carbonyl (C=O) groups is 1. The predicted octanol–water partition coefficient (Wildman–Crippen LogP) is 2.50. The second kappa shape index (κ2) is 7.81. The van der Waals surface area contributed by atoms with Gasteiger partial charge in [-0.25, -0.2) is 0 Å². The number of hydrogen-bond donors (Lipinski definition) is 1. The van der Waals surface area contributed by atoms with Gasteiger partial charge in [-0.3, -0.25) is 14.9 Å². The maximum Gasteiger partial charge on any atom is 0.273 e. The van der Waals surface area contributed by atoms with Gasteiger partial charge in [0.25, 0.3) is 5.69 Å². The maximum absolute atomic E-state index is 11.1. The molecule has 1 rings (SSSR count). The highest BCUT2D eigenvalue weighted by atomic mass is 35.5. The van der Waals surface area contributed by atoms with E-state index < -0.39 is 4.92 Å². The molecular weight excluding hydrogens is 284 g/mol. The fraction of sp³-hybridized carbons (Fsp3) is 0.462. The second-order valence-corrected chi connectivity index (χ2v) is 4.82. The standard InChI is InChI=1S/C13H17ClN2O4/c1-9(17)15-6-5-10(8-20-2)12-7-11(14)3-4-13(12)16(18)19/h3-4,7,10H,5-6,8H2,1-2H3,(H,15,17). The van der Waals surface area contributed by atoms with Crippen molar-refractivity contribution in [2.75, 3.05) is 20.3 Å². The molecule has 0 heterocycles. The number of hydrogen-bond acceptors (Lipinski definition) is 4. The van der Waals surface area contributed by atoms with Crippen LogP contribution >= 0.6 is 11.6 Å². The number of benzene rings is 1. The lowest BCUT2D eigenvalue weighted by Crippen LogP contribution is -2.23. The molecule has 1 unspecified atom stereocenters. The highest BCUT2D eigenvalue weighted by Gasteiger charge is 2.22. The van der Waals surface area contributed by atoms with Gasteiger partial charge in [0.05, 0.1) is 11.5 Å². The molecule has 1 atom stereocenters. The third-order valence-electron chi connectivity index (χ3n) is 2.86. The molecule has 0 saturated heterocycles. The summed E-state index contributed by atoms with van der Waals surface area (Å²) in [5.41, 5.74) is 0.536. The maximum atomic E-state index is 11.1.